The van der Waals surface area contributed by atoms with Gasteiger partial charge in [-0.25, -0.2) is 5.84 Å². The lowest BCUT2D eigenvalue weighted by Crippen LogP contribution is -2.29. The van der Waals surface area contributed by atoms with Gasteiger partial charge < -0.3 is 4.57 Å². The Bertz CT molecular complexity index is 536. The second-order valence-electron chi connectivity index (χ2n) is 3.86. The Kier molecular flexibility index (Phi) is 3.66. The number of rotatable bonds is 4. The van der Waals surface area contributed by atoms with Crippen molar-refractivity contribution in [2.24, 2.45) is 5.84 Å². The van der Waals surface area contributed by atoms with Crippen LogP contribution in [0.5, 0.6) is 0 Å². The van der Waals surface area contributed by atoms with Crippen molar-refractivity contribution in [1.82, 2.24) is 9.99 Å². The molecule has 0 saturated carbocycles. The summed E-state index contributed by atoms with van der Waals surface area (Å²) in [6.07, 6.45) is 3.13. The van der Waals surface area contributed by atoms with Gasteiger partial charge in [0.2, 0.25) is 5.91 Å². The number of para-hydroxylation sites is 1. The molecule has 0 atom stereocenters. The summed E-state index contributed by atoms with van der Waals surface area (Å²) in [5.74, 6) is 4.87. The van der Waals surface area contributed by atoms with Crippen LogP contribution in [0, 0.1) is 0 Å². The van der Waals surface area contributed by atoms with E-state index in [4.69, 9.17) is 17.4 Å². The summed E-state index contributed by atoms with van der Waals surface area (Å²) in [5, 5.41) is 1.84. The van der Waals surface area contributed by atoms with E-state index in [9.17, 15) is 4.79 Å². The van der Waals surface area contributed by atoms with Crippen LogP contribution in [0.2, 0.25) is 5.02 Å². The van der Waals surface area contributed by atoms with Gasteiger partial charge in [0.25, 0.3) is 0 Å². The number of fused-ring (bicyclic) bond motifs is 1. The minimum absolute atomic E-state index is 0.146. The molecule has 0 bridgehead atoms. The summed E-state index contributed by atoms with van der Waals surface area (Å²) in [6, 6.07) is 7.83. The number of carbonyl (C=O) groups excluding carboxylic acids is 1. The molecule has 0 aliphatic rings. The fourth-order valence-electron chi connectivity index (χ4n) is 1.88. The number of nitrogens with two attached hydrogens (primary N) is 1. The number of halogens is 1. The van der Waals surface area contributed by atoms with Gasteiger partial charge in [-0.1, -0.05) is 23.7 Å². The van der Waals surface area contributed by atoms with E-state index < -0.39 is 0 Å². The van der Waals surface area contributed by atoms with Crippen LogP contribution < -0.4 is 11.3 Å². The number of aryl methyl sites for hydroxylation is 1. The maximum absolute atomic E-state index is 11.0. The number of hydrazine groups is 1. The van der Waals surface area contributed by atoms with Crippen LogP contribution >= 0.6 is 11.6 Å². The van der Waals surface area contributed by atoms with Crippen molar-refractivity contribution in [3.63, 3.8) is 0 Å². The predicted octanol–water partition coefficient (Wildman–Crippen LogP) is 2.06. The predicted molar refractivity (Wildman–Crippen MR) is 68.5 cm³/mol. The zero-order chi connectivity index (χ0) is 12.3. The van der Waals surface area contributed by atoms with Gasteiger partial charge >= 0.3 is 0 Å². The van der Waals surface area contributed by atoms with Crippen LogP contribution in [0.4, 0.5) is 0 Å². The number of amides is 1. The number of benzene rings is 1. The second kappa shape index (κ2) is 5.21. The summed E-state index contributed by atoms with van der Waals surface area (Å²) < 4.78 is 2.06. The fourth-order valence-corrected chi connectivity index (χ4v) is 2.17. The molecule has 0 spiro atoms. The van der Waals surface area contributed by atoms with Gasteiger partial charge in [-0.2, -0.15) is 0 Å². The van der Waals surface area contributed by atoms with E-state index in [0.29, 0.717) is 6.42 Å². The molecular weight excluding hydrogens is 238 g/mol. The van der Waals surface area contributed by atoms with Gasteiger partial charge in [0.15, 0.2) is 0 Å². The maximum Gasteiger partial charge on any atom is 0.233 e. The van der Waals surface area contributed by atoms with Crippen LogP contribution in [0.1, 0.15) is 12.8 Å². The first-order valence-corrected chi connectivity index (χ1v) is 5.83. The van der Waals surface area contributed by atoms with E-state index in [0.717, 1.165) is 28.9 Å². The molecule has 0 saturated heterocycles. The smallest absolute Gasteiger partial charge is 0.233 e. The first-order chi connectivity index (χ1) is 8.22. The van der Waals surface area contributed by atoms with Crippen molar-refractivity contribution in [3.05, 3.63) is 35.5 Å². The molecule has 90 valence electrons. The molecule has 5 heteroatoms. The van der Waals surface area contributed by atoms with E-state index in [-0.39, 0.29) is 5.91 Å². The molecule has 1 amide bonds. The first-order valence-electron chi connectivity index (χ1n) is 5.45. The van der Waals surface area contributed by atoms with Crippen molar-refractivity contribution < 1.29 is 4.79 Å². The number of aromatic nitrogens is 1. The quantitative estimate of drug-likeness (QED) is 0.496. The van der Waals surface area contributed by atoms with E-state index in [2.05, 4.69) is 9.99 Å². The van der Waals surface area contributed by atoms with E-state index in [1.165, 1.54) is 0 Å². The molecule has 1 aromatic carbocycles. The molecule has 2 rings (SSSR count). The lowest BCUT2D eigenvalue weighted by Gasteiger charge is -2.06. The molecule has 17 heavy (non-hydrogen) atoms. The zero-order valence-electron chi connectivity index (χ0n) is 9.32. The van der Waals surface area contributed by atoms with Gasteiger partial charge in [-0.05, 0) is 18.6 Å². The van der Waals surface area contributed by atoms with Crippen molar-refractivity contribution in [2.45, 2.75) is 19.4 Å². The summed E-state index contributed by atoms with van der Waals surface area (Å²) in [7, 11) is 0. The molecule has 0 aliphatic heterocycles. The van der Waals surface area contributed by atoms with Crippen LogP contribution in [0.3, 0.4) is 0 Å². The van der Waals surface area contributed by atoms with Crippen LogP contribution in [0.15, 0.2) is 30.5 Å². The Morgan fingerprint density at radius 1 is 1.41 bits per heavy atom. The van der Waals surface area contributed by atoms with Crippen molar-refractivity contribution in [2.75, 3.05) is 0 Å². The molecule has 0 fully saturated rings. The van der Waals surface area contributed by atoms with Crippen LogP contribution in [0.25, 0.3) is 10.9 Å². The monoisotopic (exact) mass is 251 g/mol. The Hall–Kier alpha value is -1.52. The van der Waals surface area contributed by atoms with E-state index in [1.807, 2.05) is 30.5 Å². The molecule has 4 nitrogen and oxygen atoms in total. The molecule has 1 heterocycles. The fraction of sp³-hybridized carbons (Fsp3) is 0.250. The minimum Gasteiger partial charge on any atom is -0.346 e. The summed E-state index contributed by atoms with van der Waals surface area (Å²) in [5.41, 5.74) is 3.14. The molecule has 0 radical (unpaired) electrons. The standard InChI is InChI=1S/C12H14ClN3O/c13-10-4-1-3-9-6-8-16(12(9)10)7-2-5-11(17)15-14/h1,3-4,6,8H,2,5,7,14H2,(H,15,17). The molecule has 1 aromatic heterocycles. The Labute approximate surface area is 104 Å². The van der Waals surface area contributed by atoms with Crippen molar-refractivity contribution in [3.8, 4) is 0 Å². The molecule has 2 aromatic rings. The largest absolute Gasteiger partial charge is 0.346 e. The van der Waals surface area contributed by atoms with Crippen LogP contribution in [-0.4, -0.2) is 10.5 Å². The number of hydrogen-bond donors (Lipinski definition) is 2. The highest BCUT2D eigenvalue weighted by Crippen LogP contribution is 2.24. The third-order valence-electron chi connectivity index (χ3n) is 2.70. The second-order valence-corrected chi connectivity index (χ2v) is 4.27. The average Bonchev–Trinajstić information content (AvgIpc) is 2.74. The number of nitrogens with one attached hydrogen (secondary N) is 1. The highest BCUT2D eigenvalue weighted by molar-refractivity contribution is 6.35. The van der Waals surface area contributed by atoms with Gasteiger partial charge in [-0.3, -0.25) is 10.2 Å². The van der Waals surface area contributed by atoms with E-state index in [1.54, 1.807) is 0 Å². The topological polar surface area (TPSA) is 60.0 Å². The molecule has 0 aliphatic carbocycles. The third kappa shape index (κ3) is 2.60. The lowest BCUT2D eigenvalue weighted by atomic mass is 10.2. The summed E-state index contributed by atoms with van der Waals surface area (Å²) >= 11 is 6.15. The third-order valence-corrected chi connectivity index (χ3v) is 3.01. The van der Waals surface area contributed by atoms with Gasteiger partial charge in [0, 0.05) is 24.5 Å². The lowest BCUT2D eigenvalue weighted by molar-refractivity contribution is -0.121. The SMILES string of the molecule is NNC(=O)CCCn1ccc2cccc(Cl)c21. The number of hydrogen-bond acceptors (Lipinski definition) is 2. The summed E-state index contributed by atoms with van der Waals surface area (Å²) in [4.78, 5) is 11.0. The zero-order valence-corrected chi connectivity index (χ0v) is 10.1. The molecular formula is C12H14ClN3O. The van der Waals surface area contributed by atoms with Crippen molar-refractivity contribution in [1.29, 1.82) is 0 Å². The Balaban J connectivity index is 2.11. The molecule has 3 N–H and O–H groups in total. The average molecular weight is 252 g/mol. The van der Waals surface area contributed by atoms with Crippen LogP contribution in [-0.2, 0) is 11.3 Å². The summed E-state index contributed by atoms with van der Waals surface area (Å²) in [6.45, 7) is 0.751. The van der Waals surface area contributed by atoms with Gasteiger partial charge in [0.05, 0.1) is 10.5 Å². The highest BCUT2D eigenvalue weighted by Gasteiger charge is 2.05. The normalized spacial score (nSPS) is 10.7. The maximum atomic E-state index is 11.0. The first kappa shape index (κ1) is 12.0. The number of nitrogens with zero attached hydrogens (tertiary/aromatic N) is 1. The molecule has 0 unspecified atom stereocenters. The Morgan fingerprint density at radius 3 is 3.00 bits per heavy atom. The minimum atomic E-state index is -0.146. The highest BCUT2D eigenvalue weighted by atomic mass is 35.5. The van der Waals surface area contributed by atoms with Gasteiger partial charge in [-0.15, -0.1) is 0 Å². The van der Waals surface area contributed by atoms with E-state index >= 15 is 0 Å². The van der Waals surface area contributed by atoms with Gasteiger partial charge in [0.1, 0.15) is 0 Å². The Morgan fingerprint density at radius 2 is 2.24 bits per heavy atom. The van der Waals surface area contributed by atoms with Crippen molar-refractivity contribution >= 4 is 28.4 Å². The number of carbonyl (C=O) groups is 1.